The van der Waals surface area contributed by atoms with E-state index in [-0.39, 0.29) is 12.3 Å². The maximum Gasteiger partial charge on any atom is 0.309 e. The number of amides is 1. The lowest BCUT2D eigenvalue weighted by molar-refractivity contribution is -0.114. The van der Waals surface area contributed by atoms with E-state index in [1.54, 1.807) is 6.92 Å². The molecule has 8 heteroatoms. The molecule has 4 N–H and O–H groups in total. The Kier molecular flexibility index (Phi) is 9.67. The van der Waals surface area contributed by atoms with Gasteiger partial charge in [-0.25, -0.2) is 0 Å². The predicted octanol–water partition coefficient (Wildman–Crippen LogP) is 0.710. The molecule has 0 saturated heterocycles. The number of primary amides is 1. The van der Waals surface area contributed by atoms with Crippen LogP contribution in [0.15, 0.2) is 11.6 Å². The Bertz CT molecular complexity index is 431. The molecular formula is C12H26N2O5S. The summed E-state index contributed by atoms with van der Waals surface area (Å²) in [5.74, 6) is -0.316. The molecule has 0 aliphatic carbocycles. The van der Waals surface area contributed by atoms with Crippen LogP contribution in [0, 0.1) is 0 Å². The van der Waals surface area contributed by atoms with Crippen LogP contribution in [0.2, 0.25) is 0 Å². The highest BCUT2D eigenvalue weighted by atomic mass is 32.2. The summed E-state index contributed by atoms with van der Waals surface area (Å²) in [5.41, 5.74) is 5.63. The Hall–Kier alpha value is -0.960. The number of unbranched alkanes of at least 4 members (excludes halogenated alkanes) is 1. The third-order valence-corrected chi connectivity index (χ3v) is 4.18. The maximum absolute atomic E-state index is 10.6. The number of rotatable bonds is 6. The highest BCUT2D eigenvalue weighted by molar-refractivity contribution is 7.87. The molecule has 1 atom stereocenters. The summed E-state index contributed by atoms with van der Waals surface area (Å²) >= 11 is 0. The first kappa shape index (κ1) is 21.3. The molecule has 0 aromatic rings. The van der Waals surface area contributed by atoms with Crippen LogP contribution in [-0.4, -0.2) is 48.0 Å². The second-order valence-electron chi connectivity index (χ2n) is 4.51. The van der Waals surface area contributed by atoms with Crippen molar-refractivity contribution in [2.24, 2.45) is 5.73 Å². The minimum atomic E-state index is -4.43. The van der Waals surface area contributed by atoms with Gasteiger partial charge in [-0.15, -0.1) is 0 Å². The molecule has 0 radical (unpaired) electrons. The molecule has 0 heterocycles. The van der Waals surface area contributed by atoms with Gasteiger partial charge in [0.15, 0.2) is 0 Å². The first-order valence-corrected chi connectivity index (χ1v) is 7.71. The normalized spacial score (nSPS) is 15.3. The third kappa shape index (κ3) is 6.99. The number of carbonyl (C=O) groups is 1. The first-order chi connectivity index (χ1) is 8.93. The molecule has 0 aromatic heterocycles. The second kappa shape index (κ2) is 9.06. The van der Waals surface area contributed by atoms with Gasteiger partial charge in [0, 0.05) is 12.0 Å². The molecule has 0 aliphatic heterocycles. The average Bonchev–Trinajstić information content (AvgIpc) is 2.33. The SMILES string of the molecule is CCC(O)(N(C)C)S(=O)(=O)O.CCCC=C(C)C(N)=O. The van der Waals surface area contributed by atoms with Crippen molar-refractivity contribution in [3.63, 3.8) is 0 Å². The van der Waals surface area contributed by atoms with Gasteiger partial charge >= 0.3 is 10.1 Å². The van der Waals surface area contributed by atoms with Crippen molar-refractivity contribution in [1.82, 2.24) is 4.90 Å². The molecule has 0 rings (SSSR count). The second-order valence-corrected chi connectivity index (χ2v) is 6.11. The smallest absolute Gasteiger partial charge is 0.309 e. The number of nitrogens with zero attached hydrogens (tertiary/aromatic N) is 1. The number of hydrogen-bond acceptors (Lipinski definition) is 5. The van der Waals surface area contributed by atoms with Crippen molar-refractivity contribution in [3.05, 3.63) is 11.6 Å². The van der Waals surface area contributed by atoms with Gasteiger partial charge in [-0.1, -0.05) is 26.3 Å². The van der Waals surface area contributed by atoms with Gasteiger partial charge in [0.25, 0.3) is 0 Å². The highest BCUT2D eigenvalue weighted by Gasteiger charge is 2.41. The number of nitrogens with two attached hydrogens (primary N) is 1. The van der Waals surface area contributed by atoms with Crippen LogP contribution in [0.3, 0.4) is 0 Å². The quantitative estimate of drug-likeness (QED) is 0.377. The summed E-state index contributed by atoms with van der Waals surface area (Å²) in [7, 11) is -1.69. The number of aliphatic hydroxyl groups is 1. The van der Waals surface area contributed by atoms with E-state index in [0.29, 0.717) is 5.57 Å². The summed E-state index contributed by atoms with van der Waals surface area (Å²) in [6.07, 6.45) is 3.78. The lowest BCUT2D eigenvalue weighted by Crippen LogP contribution is -2.50. The highest BCUT2D eigenvalue weighted by Crippen LogP contribution is 2.18. The zero-order chi connectivity index (χ0) is 16.6. The molecular weight excluding hydrogens is 284 g/mol. The molecule has 0 aromatic carbocycles. The number of allylic oxidation sites excluding steroid dienone is 1. The average molecular weight is 310 g/mol. The summed E-state index contributed by atoms with van der Waals surface area (Å²) in [6.45, 7) is 5.26. The minimum absolute atomic E-state index is 0.0845. The number of hydrogen-bond donors (Lipinski definition) is 3. The Labute approximate surface area is 121 Å². The van der Waals surface area contributed by atoms with Crippen LogP contribution >= 0.6 is 0 Å². The van der Waals surface area contributed by atoms with Gasteiger partial charge in [0.05, 0.1) is 0 Å². The van der Waals surface area contributed by atoms with E-state index in [1.165, 1.54) is 21.0 Å². The zero-order valence-corrected chi connectivity index (χ0v) is 13.6. The van der Waals surface area contributed by atoms with Crippen LogP contribution in [-0.2, 0) is 14.9 Å². The molecule has 0 bridgehead atoms. The van der Waals surface area contributed by atoms with Crippen molar-refractivity contribution in [1.29, 1.82) is 0 Å². The maximum atomic E-state index is 10.6. The van der Waals surface area contributed by atoms with E-state index in [1.807, 2.05) is 6.08 Å². The summed E-state index contributed by atoms with van der Waals surface area (Å²) in [6, 6.07) is 0. The fourth-order valence-corrected chi connectivity index (χ4v) is 2.02. The monoisotopic (exact) mass is 310 g/mol. The van der Waals surface area contributed by atoms with Gasteiger partial charge in [0.1, 0.15) is 0 Å². The molecule has 0 spiro atoms. The lowest BCUT2D eigenvalue weighted by atomic mass is 10.2. The van der Waals surface area contributed by atoms with Crippen LogP contribution in [0.4, 0.5) is 0 Å². The topological polar surface area (TPSA) is 121 Å². The Morgan fingerprint density at radius 3 is 1.95 bits per heavy atom. The summed E-state index contributed by atoms with van der Waals surface area (Å²) in [4.78, 5) is 11.4. The van der Waals surface area contributed by atoms with Crippen molar-refractivity contribution in [3.8, 4) is 0 Å². The van der Waals surface area contributed by atoms with E-state index in [0.717, 1.165) is 17.7 Å². The lowest BCUT2D eigenvalue weighted by Gasteiger charge is -2.29. The standard InChI is InChI=1S/C7H13NO.C5H13NO4S/c1-3-4-5-6(2)7(8)9;1-4-5(7,6(2)3)11(8,9)10/h5H,3-4H2,1-2H3,(H2,8,9);7H,4H2,1-3H3,(H,8,9,10). The Morgan fingerprint density at radius 1 is 1.35 bits per heavy atom. The molecule has 1 amide bonds. The molecule has 0 aliphatic rings. The molecule has 0 fully saturated rings. The summed E-state index contributed by atoms with van der Waals surface area (Å²) in [5, 5.41) is 7.16. The van der Waals surface area contributed by atoms with Crippen molar-refractivity contribution < 1.29 is 22.9 Å². The van der Waals surface area contributed by atoms with Gasteiger partial charge in [0.2, 0.25) is 11.0 Å². The van der Waals surface area contributed by atoms with Crippen LogP contribution in [0.5, 0.6) is 0 Å². The van der Waals surface area contributed by atoms with Crippen molar-refractivity contribution >= 4 is 16.0 Å². The predicted molar refractivity (Wildman–Crippen MR) is 78.3 cm³/mol. The molecule has 120 valence electrons. The van der Waals surface area contributed by atoms with E-state index in [2.05, 4.69) is 6.92 Å². The Morgan fingerprint density at radius 2 is 1.80 bits per heavy atom. The fourth-order valence-electron chi connectivity index (χ4n) is 1.19. The fraction of sp³-hybridized carbons (Fsp3) is 0.750. The van der Waals surface area contributed by atoms with Gasteiger partial charge in [-0.3, -0.25) is 14.2 Å². The minimum Gasteiger partial charge on any atom is -0.366 e. The van der Waals surface area contributed by atoms with E-state index in [4.69, 9.17) is 10.3 Å². The van der Waals surface area contributed by atoms with Gasteiger partial charge in [-0.2, -0.15) is 8.42 Å². The first-order valence-electron chi connectivity index (χ1n) is 6.27. The zero-order valence-electron chi connectivity index (χ0n) is 12.8. The molecule has 20 heavy (non-hydrogen) atoms. The van der Waals surface area contributed by atoms with Crippen LogP contribution in [0.25, 0.3) is 0 Å². The molecule has 1 unspecified atom stereocenters. The number of carbonyl (C=O) groups excluding carboxylic acids is 1. The van der Waals surface area contributed by atoms with E-state index >= 15 is 0 Å². The van der Waals surface area contributed by atoms with E-state index < -0.39 is 15.2 Å². The summed E-state index contributed by atoms with van der Waals surface area (Å²) < 4.78 is 29.8. The van der Waals surface area contributed by atoms with Gasteiger partial charge < -0.3 is 10.8 Å². The van der Waals surface area contributed by atoms with E-state index in [9.17, 15) is 18.3 Å². The molecule has 7 nitrogen and oxygen atoms in total. The third-order valence-electron chi connectivity index (χ3n) is 2.70. The van der Waals surface area contributed by atoms with Crippen molar-refractivity contribution in [2.75, 3.05) is 14.1 Å². The van der Waals surface area contributed by atoms with Gasteiger partial charge in [-0.05, 0) is 27.4 Å². The van der Waals surface area contributed by atoms with Crippen LogP contribution < -0.4 is 5.73 Å². The largest absolute Gasteiger partial charge is 0.366 e. The molecule has 0 saturated carbocycles. The van der Waals surface area contributed by atoms with Crippen LogP contribution in [0.1, 0.15) is 40.0 Å². The Balaban J connectivity index is 0. The van der Waals surface area contributed by atoms with Crippen molar-refractivity contribution in [2.45, 2.75) is 45.1 Å².